The second-order valence-electron chi connectivity index (χ2n) is 12.3. The van der Waals surface area contributed by atoms with E-state index in [9.17, 15) is 9.59 Å². The number of hydrogen-bond donors (Lipinski definition) is 2. The standard InChI is InChI=1S/C35H39Cl2N7O3/c1-21(45)38-23-13-17-44(18-14-23)19-22-11-12-27(41-35(22)47-4)26-9-5-7-24(31(26)36)25-8-6-10-28(32(25)37)40-34(46)33-39-29-20-42(2)16-15-30(29)43(33)3/h5-12,23H,13-20H2,1-4H3,(H,38,45)(H,40,46). The van der Waals surface area contributed by atoms with Gasteiger partial charge < -0.3 is 24.8 Å². The van der Waals surface area contributed by atoms with E-state index in [0.717, 1.165) is 61.4 Å². The number of anilines is 1. The van der Waals surface area contributed by atoms with E-state index in [2.05, 4.69) is 25.4 Å². The number of benzene rings is 2. The molecule has 0 spiro atoms. The first-order valence-corrected chi connectivity index (χ1v) is 16.5. The monoisotopic (exact) mass is 675 g/mol. The SMILES string of the molecule is COc1nc(-c2cccc(-c3cccc(NC(=O)c4nc5c(n4C)CCN(C)C5)c3Cl)c2Cl)ccc1CN1CCC(NC(C)=O)CC1. The van der Waals surface area contributed by atoms with Crippen molar-refractivity contribution in [2.45, 2.75) is 45.3 Å². The summed E-state index contributed by atoms with van der Waals surface area (Å²) < 4.78 is 7.59. The minimum absolute atomic E-state index is 0.0150. The Balaban J connectivity index is 1.21. The van der Waals surface area contributed by atoms with Gasteiger partial charge in [0.1, 0.15) is 0 Å². The molecule has 246 valence electrons. The minimum Gasteiger partial charge on any atom is -0.481 e. The molecule has 2 N–H and O–H groups in total. The summed E-state index contributed by atoms with van der Waals surface area (Å²) in [6, 6.07) is 15.4. The summed E-state index contributed by atoms with van der Waals surface area (Å²) in [6.07, 6.45) is 2.66. The number of amides is 2. The van der Waals surface area contributed by atoms with Gasteiger partial charge in [0, 0.05) is 87.1 Å². The summed E-state index contributed by atoms with van der Waals surface area (Å²) in [5.41, 5.74) is 6.27. The Kier molecular flexibility index (Phi) is 9.84. The number of carbonyl (C=O) groups is 2. The Morgan fingerprint density at radius 3 is 2.36 bits per heavy atom. The molecule has 1 fully saturated rings. The number of nitrogens with one attached hydrogen (secondary N) is 2. The molecule has 2 aromatic heterocycles. The molecule has 4 aromatic rings. The molecule has 2 aromatic carbocycles. The number of fused-ring (bicyclic) bond motifs is 1. The highest BCUT2D eigenvalue weighted by atomic mass is 35.5. The molecule has 10 nitrogen and oxygen atoms in total. The highest BCUT2D eigenvalue weighted by Crippen LogP contribution is 2.41. The van der Waals surface area contributed by atoms with Gasteiger partial charge in [0.15, 0.2) is 5.82 Å². The summed E-state index contributed by atoms with van der Waals surface area (Å²) in [5, 5.41) is 6.85. The summed E-state index contributed by atoms with van der Waals surface area (Å²) in [4.78, 5) is 38.8. The van der Waals surface area contributed by atoms with Crippen LogP contribution in [0, 0.1) is 0 Å². The van der Waals surface area contributed by atoms with Gasteiger partial charge in [-0.3, -0.25) is 14.5 Å². The average Bonchev–Trinajstić information content (AvgIpc) is 3.38. The number of carbonyl (C=O) groups excluding carboxylic acids is 2. The van der Waals surface area contributed by atoms with Crippen LogP contribution < -0.4 is 15.4 Å². The number of imidazole rings is 1. The number of rotatable bonds is 8. The third kappa shape index (κ3) is 7.01. The van der Waals surface area contributed by atoms with Gasteiger partial charge in [0.05, 0.1) is 34.2 Å². The first-order valence-electron chi connectivity index (χ1n) is 15.8. The maximum atomic E-state index is 13.4. The quantitative estimate of drug-likeness (QED) is 0.243. The van der Waals surface area contributed by atoms with E-state index in [1.54, 1.807) is 20.1 Å². The maximum absolute atomic E-state index is 13.4. The lowest BCUT2D eigenvalue weighted by atomic mass is 10.00. The van der Waals surface area contributed by atoms with E-state index in [0.29, 0.717) is 57.3 Å². The predicted molar refractivity (Wildman–Crippen MR) is 185 cm³/mol. The lowest BCUT2D eigenvalue weighted by Crippen LogP contribution is -2.43. The Morgan fingerprint density at radius 2 is 1.64 bits per heavy atom. The van der Waals surface area contributed by atoms with Crippen LogP contribution in [0.1, 0.15) is 47.3 Å². The summed E-state index contributed by atoms with van der Waals surface area (Å²) in [7, 11) is 5.55. The van der Waals surface area contributed by atoms with Gasteiger partial charge in [-0.25, -0.2) is 9.97 Å². The van der Waals surface area contributed by atoms with Crippen molar-refractivity contribution in [3.8, 4) is 28.3 Å². The molecule has 1 saturated heterocycles. The first-order chi connectivity index (χ1) is 22.6. The molecule has 2 amide bonds. The van der Waals surface area contributed by atoms with E-state index in [-0.39, 0.29) is 17.9 Å². The number of nitrogens with zero attached hydrogens (tertiary/aromatic N) is 5. The lowest BCUT2D eigenvalue weighted by Gasteiger charge is -2.32. The number of hydrogen-bond acceptors (Lipinski definition) is 7. The highest BCUT2D eigenvalue weighted by molar-refractivity contribution is 6.39. The van der Waals surface area contributed by atoms with Crippen molar-refractivity contribution < 1.29 is 14.3 Å². The molecule has 0 unspecified atom stereocenters. The Bertz CT molecular complexity index is 1820. The zero-order valence-electron chi connectivity index (χ0n) is 27.1. The number of methoxy groups -OCH3 is 1. The van der Waals surface area contributed by atoms with Crippen LogP contribution in [0.3, 0.4) is 0 Å². The van der Waals surface area contributed by atoms with Crippen molar-refractivity contribution in [3.05, 3.63) is 81.4 Å². The first kappa shape index (κ1) is 33.0. The van der Waals surface area contributed by atoms with Crippen molar-refractivity contribution >= 4 is 40.7 Å². The number of halogens is 2. The fraction of sp³-hybridized carbons (Fsp3) is 0.371. The second-order valence-corrected chi connectivity index (χ2v) is 13.0. The largest absolute Gasteiger partial charge is 0.481 e. The molecule has 47 heavy (non-hydrogen) atoms. The van der Waals surface area contributed by atoms with Gasteiger partial charge in [-0.2, -0.15) is 0 Å². The molecule has 6 rings (SSSR count). The van der Waals surface area contributed by atoms with Crippen molar-refractivity contribution in [3.63, 3.8) is 0 Å². The van der Waals surface area contributed by atoms with Crippen LogP contribution in [0.5, 0.6) is 5.88 Å². The normalized spacial score (nSPS) is 15.7. The van der Waals surface area contributed by atoms with Crippen LogP contribution in [0.2, 0.25) is 10.0 Å². The highest BCUT2D eigenvalue weighted by Gasteiger charge is 2.25. The molecular formula is C35H39Cl2N7O3. The summed E-state index contributed by atoms with van der Waals surface area (Å²) in [5.74, 6) is 0.584. The maximum Gasteiger partial charge on any atom is 0.291 e. The van der Waals surface area contributed by atoms with E-state index in [4.69, 9.17) is 32.9 Å². The van der Waals surface area contributed by atoms with Crippen LogP contribution in [0.25, 0.3) is 22.4 Å². The van der Waals surface area contributed by atoms with Crippen LogP contribution in [-0.4, -0.2) is 76.0 Å². The van der Waals surface area contributed by atoms with Crippen LogP contribution in [0.15, 0.2) is 48.5 Å². The van der Waals surface area contributed by atoms with E-state index in [1.165, 1.54) is 0 Å². The van der Waals surface area contributed by atoms with Crippen molar-refractivity contribution in [2.24, 2.45) is 7.05 Å². The Labute approximate surface area is 285 Å². The van der Waals surface area contributed by atoms with Crippen molar-refractivity contribution in [2.75, 3.05) is 39.1 Å². The molecule has 0 bridgehead atoms. The van der Waals surface area contributed by atoms with E-state index >= 15 is 0 Å². The average molecular weight is 677 g/mol. The lowest BCUT2D eigenvalue weighted by molar-refractivity contribution is -0.120. The van der Waals surface area contributed by atoms with Crippen LogP contribution >= 0.6 is 23.2 Å². The number of ether oxygens (including phenoxy) is 1. The molecule has 0 radical (unpaired) electrons. The van der Waals surface area contributed by atoms with Crippen LogP contribution in [0.4, 0.5) is 5.69 Å². The molecule has 2 aliphatic heterocycles. The van der Waals surface area contributed by atoms with Gasteiger partial charge >= 0.3 is 0 Å². The number of aromatic nitrogens is 3. The van der Waals surface area contributed by atoms with Gasteiger partial charge in [0.2, 0.25) is 11.8 Å². The number of piperidine rings is 1. The topological polar surface area (TPSA) is 105 Å². The molecule has 0 atom stereocenters. The molecule has 4 heterocycles. The third-order valence-corrected chi connectivity index (χ3v) is 9.80. The minimum atomic E-state index is -0.322. The number of pyridine rings is 1. The zero-order chi connectivity index (χ0) is 33.2. The summed E-state index contributed by atoms with van der Waals surface area (Å²) in [6.45, 7) is 5.66. The van der Waals surface area contributed by atoms with Crippen molar-refractivity contribution in [1.29, 1.82) is 0 Å². The second kappa shape index (κ2) is 14.0. The number of likely N-dealkylation sites (tertiary alicyclic amines) is 1. The van der Waals surface area contributed by atoms with E-state index in [1.807, 2.05) is 61.1 Å². The molecule has 0 saturated carbocycles. The summed E-state index contributed by atoms with van der Waals surface area (Å²) >= 11 is 14.0. The van der Waals surface area contributed by atoms with Gasteiger partial charge in [-0.1, -0.05) is 59.6 Å². The van der Waals surface area contributed by atoms with E-state index < -0.39 is 0 Å². The van der Waals surface area contributed by atoms with Gasteiger partial charge in [0.25, 0.3) is 5.91 Å². The predicted octanol–water partition coefficient (Wildman–Crippen LogP) is 5.81. The molecule has 0 aliphatic carbocycles. The zero-order valence-corrected chi connectivity index (χ0v) is 28.6. The third-order valence-electron chi connectivity index (χ3n) is 8.98. The van der Waals surface area contributed by atoms with Gasteiger partial charge in [-0.05, 0) is 32.0 Å². The number of likely N-dealkylation sites (N-methyl/N-ethyl adjacent to an activating group) is 1. The fourth-order valence-corrected chi connectivity index (χ4v) is 7.09. The fourth-order valence-electron chi connectivity index (χ4n) is 6.49. The molecular weight excluding hydrogens is 637 g/mol. The van der Waals surface area contributed by atoms with Gasteiger partial charge in [-0.15, -0.1) is 0 Å². The smallest absolute Gasteiger partial charge is 0.291 e. The van der Waals surface area contributed by atoms with Crippen molar-refractivity contribution in [1.82, 2.24) is 29.7 Å². The Morgan fingerprint density at radius 1 is 0.936 bits per heavy atom. The molecule has 2 aliphatic rings. The van der Waals surface area contributed by atoms with Crippen LogP contribution in [-0.2, 0) is 31.4 Å². The Hall–Kier alpha value is -3.96. The molecule has 12 heteroatoms.